The Morgan fingerprint density at radius 2 is 1.77 bits per heavy atom. The van der Waals surface area contributed by atoms with Crippen molar-refractivity contribution < 1.29 is 14.7 Å². The van der Waals surface area contributed by atoms with Gasteiger partial charge in [0, 0.05) is 39.3 Å². The molecule has 2 aliphatic rings. The maximum absolute atomic E-state index is 12.8. The van der Waals surface area contributed by atoms with Crippen LogP contribution in [0.4, 0.5) is 0 Å². The normalized spacial score (nSPS) is 23.0. The summed E-state index contributed by atoms with van der Waals surface area (Å²) in [5, 5.41) is 9.05. The molecule has 0 radical (unpaired) electrons. The molecular weight excluding hydrogens is 330 g/mol. The van der Waals surface area contributed by atoms with Crippen LogP contribution in [-0.2, 0) is 16.0 Å². The molecule has 3 rings (SSSR count). The van der Waals surface area contributed by atoms with Crippen molar-refractivity contribution in [1.82, 2.24) is 14.7 Å². The molecule has 26 heavy (non-hydrogen) atoms. The van der Waals surface area contributed by atoms with Crippen LogP contribution in [0.1, 0.15) is 24.8 Å². The molecule has 0 bridgehead atoms. The van der Waals surface area contributed by atoms with Crippen LogP contribution in [0, 0.1) is 0 Å². The Hall–Kier alpha value is -1.92. The fourth-order valence-electron chi connectivity index (χ4n) is 3.97. The maximum atomic E-state index is 12.8. The molecule has 1 aromatic carbocycles. The summed E-state index contributed by atoms with van der Waals surface area (Å²) < 4.78 is 0. The molecule has 1 atom stereocenters. The number of likely N-dealkylation sites (tertiary alicyclic amines) is 1. The zero-order chi connectivity index (χ0) is 18.4. The molecule has 0 saturated carbocycles. The molecule has 2 fully saturated rings. The molecule has 0 aliphatic carbocycles. The molecule has 142 valence electrons. The number of piperazine rings is 1. The highest BCUT2D eigenvalue weighted by Gasteiger charge is 2.33. The third-order valence-electron chi connectivity index (χ3n) is 5.49. The number of hydrogen-bond acceptors (Lipinski definition) is 4. The standard InChI is InChI=1S/C20H29N3O3/c24-19(25)16-23-10-5-4-8-18(20(23)26)22-14-12-21(13-15-22)11-9-17-6-2-1-3-7-17/h1-3,6-7,18H,4-5,8-16H2,(H,24,25). The van der Waals surface area contributed by atoms with Crippen LogP contribution < -0.4 is 0 Å². The van der Waals surface area contributed by atoms with E-state index in [1.165, 1.54) is 10.5 Å². The summed E-state index contributed by atoms with van der Waals surface area (Å²) in [4.78, 5) is 30.1. The minimum absolute atomic E-state index is 0.00244. The van der Waals surface area contributed by atoms with E-state index < -0.39 is 5.97 Å². The molecule has 2 saturated heterocycles. The number of nitrogens with zero attached hydrogens (tertiary/aromatic N) is 3. The lowest BCUT2D eigenvalue weighted by molar-refractivity contribution is -0.146. The highest BCUT2D eigenvalue weighted by molar-refractivity contribution is 5.85. The Balaban J connectivity index is 1.50. The van der Waals surface area contributed by atoms with Crippen molar-refractivity contribution in [2.45, 2.75) is 31.7 Å². The minimum Gasteiger partial charge on any atom is -0.480 e. The van der Waals surface area contributed by atoms with Crippen LogP contribution in [0.5, 0.6) is 0 Å². The van der Waals surface area contributed by atoms with E-state index in [9.17, 15) is 9.59 Å². The van der Waals surface area contributed by atoms with E-state index in [2.05, 4.69) is 34.1 Å². The summed E-state index contributed by atoms with van der Waals surface area (Å²) >= 11 is 0. The number of carboxylic acid groups (broad SMARTS) is 1. The van der Waals surface area contributed by atoms with Crippen LogP contribution in [0.3, 0.4) is 0 Å². The van der Waals surface area contributed by atoms with E-state index in [0.717, 1.165) is 58.4 Å². The van der Waals surface area contributed by atoms with Gasteiger partial charge in [0.2, 0.25) is 5.91 Å². The van der Waals surface area contributed by atoms with E-state index in [4.69, 9.17) is 5.11 Å². The Labute approximate surface area is 155 Å². The number of carbonyl (C=O) groups is 2. The third kappa shape index (κ3) is 5.05. The van der Waals surface area contributed by atoms with Crippen molar-refractivity contribution in [2.75, 3.05) is 45.8 Å². The summed E-state index contributed by atoms with van der Waals surface area (Å²) in [5.74, 6) is -0.924. The van der Waals surface area contributed by atoms with Crippen molar-refractivity contribution in [3.63, 3.8) is 0 Å². The first-order valence-electron chi connectivity index (χ1n) is 9.64. The van der Waals surface area contributed by atoms with Gasteiger partial charge in [-0.2, -0.15) is 0 Å². The minimum atomic E-state index is -0.926. The fourth-order valence-corrected chi connectivity index (χ4v) is 3.97. The lowest BCUT2D eigenvalue weighted by Crippen LogP contribution is -2.55. The van der Waals surface area contributed by atoms with Crippen molar-refractivity contribution in [3.8, 4) is 0 Å². The van der Waals surface area contributed by atoms with Gasteiger partial charge in [0.1, 0.15) is 6.54 Å². The second-order valence-corrected chi connectivity index (χ2v) is 7.28. The van der Waals surface area contributed by atoms with Gasteiger partial charge >= 0.3 is 5.97 Å². The van der Waals surface area contributed by atoms with Crippen molar-refractivity contribution >= 4 is 11.9 Å². The average molecular weight is 359 g/mol. The Bertz CT molecular complexity index is 600. The molecule has 2 heterocycles. The average Bonchev–Trinajstić information content (AvgIpc) is 2.83. The van der Waals surface area contributed by atoms with E-state index in [1.54, 1.807) is 0 Å². The van der Waals surface area contributed by atoms with Crippen LogP contribution >= 0.6 is 0 Å². The van der Waals surface area contributed by atoms with Crippen molar-refractivity contribution in [1.29, 1.82) is 0 Å². The lowest BCUT2D eigenvalue weighted by Gasteiger charge is -2.39. The molecule has 1 N–H and O–H groups in total. The zero-order valence-corrected chi connectivity index (χ0v) is 15.3. The molecule has 6 nitrogen and oxygen atoms in total. The number of rotatable bonds is 6. The first-order valence-corrected chi connectivity index (χ1v) is 9.64. The third-order valence-corrected chi connectivity index (χ3v) is 5.49. The SMILES string of the molecule is O=C(O)CN1CCCCC(N2CCN(CCc3ccccc3)CC2)C1=O. The Morgan fingerprint density at radius 3 is 2.46 bits per heavy atom. The number of benzene rings is 1. The molecule has 0 spiro atoms. The van der Waals surface area contributed by atoms with Gasteiger partial charge in [-0.15, -0.1) is 0 Å². The van der Waals surface area contributed by atoms with Gasteiger partial charge < -0.3 is 14.9 Å². The summed E-state index contributed by atoms with van der Waals surface area (Å²) in [6, 6.07) is 10.4. The summed E-state index contributed by atoms with van der Waals surface area (Å²) in [6.45, 7) is 5.13. The summed E-state index contributed by atoms with van der Waals surface area (Å²) in [7, 11) is 0. The Kier molecular flexibility index (Phi) is 6.63. The monoisotopic (exact) mass is 359 g/mol. The molecule has 6 heteroatoms. The first kappa shape index (κ1) is 18.9. The van der Waals surface area contributed by atoms with Gasteiger partial charge in [0.05, 0.1) is 6.04 Å². The van der Waals surface area contributed by atoms with Gasteiger partial charge in [-0.3, -0.25) is 14.5 Å². The predicted octanol–water partition coefficient (Wildman–Crippen LogP) is 1.31. The number of carboxylic acids is 1. The molecular formula is C20H29N3O3. The zero-order valence-electron chi connectivity index (χ0n) is 15.3. The van der Waals surface area contributed by atoms with E-state index >= 15 is 0 Å². The van der Waals surface area contributed by atoms with Gasteiger partial charge in [-0.1, -0.05) is 30.3 Å². The van der Waals surface area contributed by atoms with Crippen molar-refractivity contribution in [3.05, 3.63) is 35.9 Å². The lowest BCUT2D eigenvalue weighted by atomic mass is 10.1. The van der Waals surface area contributed by atoms with Gasteiger partial charge in [-0.05, 0) is 31.2 Å². The fraction of sp³-hybridized carbons (Fsp3) is 0.600. The highest BCUT2D eigenvalue weighted by Crippen LogP contribution is 2.19. The Morgan fingerprint density at radius 1 is 1.04 bits per heavy atom. The predicted molar refractivity (Wildman–Crippen MR) is 100 cm³/mol. The number of amides is 1. The maximum Gasteiger partial charge on any atom is 0.323 e. The molecule has 1 aromatic rings. The van der Waals surface area contributed by atoms with E-state index in [-0.39, 0.29) is 18.5 Å². The summed E-state index contributed by atoms with van der Waals surface area (Å²) in [6.07, 6.45) is 3.78. The number of aliphatic carboxylic acids is 1. The van der Waals surface area contributed by atoms with Gasteiger partial charge in [0.15, 0.2) is 0 Å². The van der Waals surface area contributed by atoms with Gasteiger partial charge in [-0.25, -0.2) is 0 Å². The molecule has 1 amide bonds. The highest BCUT2D eigenvalue weighted by atomic mass is 16.4. The number of carbonyl (C=O) groups excluding carboxylic acids is 1. The smallest absolute Gasteiger partial charge is 0.323 e. The molecule has 0 aromatic heterocycles. The van der Waals surface area contributed by atoms with Crippen LogP contribution in [-0.4, -0.2) is 83.5 Å². The van der Waals surface area contributed by atoms with Gasteiger partial charge in [0.25, 0.3) is 0 Å². The van der Waals surface area contributed by atoms with Crippen LogP contribution in [0.15, 0.2) is 30.3 Å². The second kappa shape index (κ2) is 9.14. The van der Waals surface area contributed by atoms with E-state index in [0.29, 0.717) is 6.54 Å². The van der Waals surface area contributed by atoms with E-state index in [1.807, 2.05) is 6.07 Å². The quantitative estimate of drug-likeness (QED) is 0.830. The topological polar surface area (TPSA) is 64.1 Å². The molecule has 1 unspecified atom stereocenters. The number of hydrogen-bond donors (Lipinski definition) is 1. The molecule has 2 aliphatic heterocycles. The second-order valence-electron chi connectivity index (χ2n) is 7.28. The first-order chi connectivity index (χ1) is 12.6. The summed E-state index contributed by atoms with van der Waals surface area (Å²) in [5.41, 5.74) is 1.36. The van der Waals surface area contributed by atoms with Crippen LogP contribution in [0.25, 0.3) is 0 Å². The largest absolute Gasteiger partial charge is 0.480 e. The van der Waals surface area contributed by atoms with Crippen molar-refractivity contribution in [2.24, 2.45) is 0 Å². The van der Waals surface area contributed by atoms with Crippen LogP contribution in [0.2, 0.25) is 0 Å².